The third-order valence-corrected chi connectivity index (χ3v) is 7.66. The predicted octanol–water partition coefficient (Wildman–Crippen LogP) is 7.09. The number of ether oxygens (including phenoxy) is 1. The van der Waals surface area contributed by atoms with E-state index < -0.39 is 29.1 Å². The summed E-state index contributed by atoms with van der Waals surface area (Å²) in [7, 11) is 0. The van der Waals surface area contributed by atoms with Gasteiger partial charge in [0.1, 0.15) is 28.7 Å². The number of carbonyl (C=O) groups is 3. The van der Waals surface area contributed by atoms with Gasteiger partial charge in [-0.3, -0.25) is 14.2 Å². The van der Waals surface area contributed by atoms with Gasteiger partial charge in [0.2, 0.25) is 5.95 Å². The van der Waals surface area contributed by atoms with Crippen LogP contribution in [0.1, 0.15) is 50.7 Å². The molecule has 1 aliphatic rings. The number of amides is 2. The molecule has 2 amide bonds. The summed E-state index contributed by atoms with van der Waals surface area (Å²) in [5.74, 6) is -1.66. The lowest BCUT2D eigenvalue weighted by Crippen LogP contribution is -2.45. The van der Waals surface area contributed by atoms with Crippen molar-refractivity contribution in [3.63, 3.8) is 0 Å². The van der Waals surface area contributed by atoms with Crippen LogP contribution in [0.2, 0.25) is 10.0 Å². The second-order valence-corrected chi connectivity index (χ2v) is 12.8. The van der Waals surface area contributed by atoms with E-state index in [4.69, 9.17) is 27.9 Å². The number of hydrogen-bond donors (Lipinski definition) is 1. The van der Waals surface area contributed by atoms with Crippen LogP contribution in [-0.4, -0.2) is 39.0 Å². The SMILES string of the molecule is C[C@H](NC(=O)c1cnc2n1[C@](C)(Cc1ccc(-c3ccc(F)cc3)cc1)C(=O)N2c1cc(Cl)cc(Cl)c1)C(=O)OC(C)(C)C. The molecular weight excluding hydrogens is 606 g/mol. The monoisotopic (exact) mass is 636 g/mol. The van der Waals surface area contributed by atoms with Crippen molar-refractivity contribution in [2.45, 2.75) is 58.2 Å². The molecule has 3 aromatic carbocycles. The van der Waals surface area contributed by atoms with Gasteiger partial charge in [-0.15, -0.1) is 0 Å². The first-order valence-electron chi connectivity index (χ1n) is 13.9. The first-order chi connectivity index (χ1) is 20.7. The van der Waals surface area contributed by atoms with Crippen molar-refractivity contribution in [3.8, 4) is 11.1 Å². The van der Waals surface area contributed by atoms with Crippen molar-refractivity contribution in [3.05, 3.63) is 100 Å². The number of halogens is 3. The van der Waals surface area contributed by atoms with Crippen molar-refractivity contribution in [2.75, 3.05) is 4.90 Å². The zero-order valence-electron chi connectivity index (χ0n) is 24.8. The molecule has 228 valence electrons. The van der Waals surface area contributed by atoms with Gasteiger partial charge in [-0.1, -0.05) is 59.6 Å². The molecule has 11 heteroatoms. The molecule has 1 aliphatic heterocycles. The Balaban J connectivity index is 1.52. The number of rotatable bonds is 7. The Morgan fingerprint density at radius 3 is 2.14 bits per heavy atom. The summed E-state index contributed by atoms with van der Waals surface area (Å²) in [5.41, 5.74) is 0.981. The van der Waals surface area contributed by atoms with E-state index >= 15 is 0 Å². The molecule has 1 aromatic heterocycles. The summed E-state index contributed by atoms with van der Waals surface area (Å²) in [6.07, 6.45) is 1.57. The molecule has 44 heavy (non-hydrogen) atoms. The molecule has 0 unspecified atom stereocenters. The summed E-state index contributed by atoms with van der Waals surface area (Å²) in [6, 6.07) is 17.5. The Kier molecular flexibility index (Phi) is 8.31. The van der Waals surface area contributed by atoms with Crippen LogP contribution < -0.4 is 10.2 Å². The molecule has 0 radical (unpaired) electrons. The number of esters is 1. The molecule has 4 aromatic rings. The van der Waals surface area contributed by atoms with Crippen LogP contribution in [0.5, 0.6) is 0 Å². The van der Waals surface area contributed by atoms with Crippen molar-refractivity contribution < 1.29 is 23.5 Å². The number of benzene rings is 3. The molecule has 0 aliphatic carbocycles. The van der Waals surface area contributed by atoms with E-state index in [1.165, 1.54) is 30.2 Å². The van der Waals surface area contributed by atoms with E-state index in [0.717, 1.165) is 16.7 Å². The fourth-order valence-corrected chi connectivity index (χ4v) is 5.72. The van der Waals surface area contributed by atoms with Gasteiger partial charge in [0.15, 0.2) is 0 Å². The van der Waals surface area contributed by atoms with E-state index in [1.54, 1.807) is 62.6 Å². The normalized spacial score (nSPS) is 16.9. The highest BCUT2D eigenvalue weighted by atomic mass is 35.5. The quantitative estimate of drug-likeness (QED) is 0.219. The molecule has 0 fully saturated rings. The maximum absolute atomic E-state index is 14.3. The minimum absolute atomic E-state index is 0.0878. The number of carbonyl (C=O) groups excluding carboxylic acids is 3. The van der Waals surface area contributed by atoms with Crippen LogP contribution >= 0.6 is 23.2 Å². The van der Waals surface area contributed by atoms with Gasteiger partial charge < -0.3 is 10.1 Å². The molecule has 8 nitrogen and oxygen atoms in total. The van der Waals surface area contributed by atoms with E-state index in [0.29, 0.717) is 15.7 Å². The summed E-state index contributed by atoms with van der Waals surface area (Å²) < 4.78 is 20.4. The largest absolute Gasteiger partial charge is 0.458 e. The smallest absolute Gasteiger partial charge is 0.328 e. The highest BCUT2D eigenvalue weighted by Crippen LogP contribution is 2.43. The van der Waals surface area contributed by atoms with Crippen molar-refractivity contribution in [1.82, 2.24) is 14.9 Å². The fraction of sp³-hybridized carbons (Fsp3) is 0.273. The number of aromatic nitrogens is 2. The molecule has 0 bridgehead atoms. The summed E-state index contributed by atoms with van der Waals surface area (Å²) in [5, 5.41) is 3.33. The van der Waals surface area contributed by atoms with Gasteiger partial charge >= 0.3 is 5.97 Å². The fourth-order valence-electron chi connectivity index (χ4n) is 5.20. The third-order valence-electron chi connectivity index (χ3n) is 7.23. The Morgan fingerprint density at radius 2 is 1.57 bits per heavy atom. The average Bonchev–Trinajstić information content (AvgIpc) is 3.46. The van der Waals surface area contributed by atoms with E-state index in [2.05, 4.69) is 10.3 Å². The minimum atomic E-state index is -1.31. The van der Waals surface area contributed by atoms with Crippen LogP contribution in [0.4, 0.5) is 16.0 Å². The van der Waals surface area contributed by atoms with Gasteiger partial charge in [-0.25, -0.2) is 19.1 Å². The van der Waals surface area contributed by atoms with E-state index in [9.17, 15) is 18.8 Å². The second-order valence-electron chi connectivity index (χ2n) is 11.9. The summed E-state index contributed by atoms with van der Waals surface area (Å²) in [6.45, 7) is 8.48. The van der Waals surface area contributed by atoms with E-state index in [1.807, 2.05) is 24.3 Å². The van der Waals surface area contributed by atoms with Crippen LogP contribution in [0.25, 0.3) is 11.1 Å². The van der Waals surface area contributed by atoms with Crippen LogP contribution in [0.15, 0.2) is 72.9 Å². The third kappa shape index (κ3) is 6.21. The van der Waals surface area contributed by atoms with Crippen molar-refractivity contribution in [1.29, 1.82) is 0 Å². The number of nitrogens with zero attached hydrogens (tertiary/aromatic N) is 3. The molecule has 0 saturated heterocycles. The van der Waals surface area contributed by atoms with Gasteiger partial charge in [-0.05, 0) is 81.6 Å². The molecule has 5 rings (SSSR count). The van der Waals surface area contributed by atoms with Crippen LogP contribution in [-0.2, 0) is 26.3 Å². The van der Waals surface area contributed by atoms with Crippen LogP contribution in [0.3, 0.4) is 0 Å². The average molecular weight is 638 g/mol. The topological polar surface area (TPSA) is 93.5 Å². The van der Waals surface area contributed by atoms with Gasteiger partial charge in [0.05, 0.1) is 11.9 Å². The van der Waals surface area contributed by atoms with E-state index in [-0.39, 0.29) is 29.8 Å². The number of hydrogen-bond acceptors (Lipinski definition) is 5. The molecule has 0 spiro atoms. The molecule has 1 N–H and O–H groups in total. The lowest BCUT2D eigenvalue weighted by atomic mass is 9.90. The standard InChI is InChI=1S/C33H31Cl2FN4O4/c1-19(29(42)44-32(2,3)4)38-28(41)27-18-37-31-39(26-15-23(34)14-24(35)16-26)30(43)33(5,40(27)31)17-20-6-8-21(9-7-20)22-10-12-25(36)13-11-22/h6-16,18-19H,17H2,1-5H3,(H,38,41)/t19-,33+/m0/s1. The summed E-state index contributed by atoms with van der Waals surface area (Å²) >= 11 is 12.6. The van der Waals surface area contributed by atoms with Gasteiger partial charge in [0.25, 0.3) is 11.8 Å². The predicted molar refractivity (Wildman–Crippen MR) is 168 cm³/mol. The number of anilines is 2. The van der Waals surface area contributed by atoms with Gasteiger partial charge in [-0.2, -0.15) is 0 Å². The maximum Gasteiger partial charge on any atom is 0.328 e. The Morgan fingerprint density at radius 1 is 1.00 bits per heavy atom. The molecule has 2 heterocycles. The summed E-state index contributed by atoms with van der Waals surface area (Å²) in [4.78, 5) is 46.3. The molecule has 0 saturated carbocycles. The highest BCUT2D eigenvalue weighted by Gasteiger charge is 2.51. The zero-order valence-corrected chi connectivity index (χ0v) is 26.3. The lowest BCUT2D eigenvalue weighted by Gasteiger charge is -2.27. The maximum atomic E-state index is 14.3. The number of fused-ring (bicyclic) bond motifs is 1. The number of nitrogens with one attached hydrogen (secondary N) is 1. The van der Waals surface area contributed by atoms with Crippen molar-refractivity contribution in [2.24, 2.45) is 0 Å². The Bertz CT molecular complexity index is 1730. The van der Waals surface area contributed by atoms with Gasteiger partial charge in [0, 0.05) is 16.5 Å². The lowest BCUT2D eigenvalue weighted by molar-refractivity contribution is -0.156. The first kappa shape index (κ1) is 31.2. The molecule has 2 atom stereocenters. The highest BCUT2D eigenvalue weighted by molar-refractivity contribution is 6.35. The minimum Gasteiger partial charge on any atom is -0.458 e. The van der Waals surface area contributed by atoms with Crippen LogP contribution in [0, 0.1) is 5.82 Å². The molecular formula is C33H31Cl2FN4O4. The second kappa shape index (κ2) is 11.7. The van der Waals surface area contributed by atoms with Crippen molar-refractivity contribution >= 4 is 52.6 Å². The zero-order chi connectivity index (χ0) is 32.0. The Labute approximate surface area is 264 Å². The first-order valence-corrected chi connectivity index (χ1v) is 14.7. The Hall–Kier alpha value is -4.21. The number of imidazole rings is 1.